The topological polar surface area (TPSA) is 119 Å². The van der Waals surface area contributed by atoms with Gasteiger partial charge in [0, 0.05) is 11.3 Å². The second-order valence-electron chi connectivity index (χ2n) is 3.97. The minimum Gasteiger partial charge on any atom is -0.398 e. The van der Waals surface area contributed by atoms with Crippen LogP contribution in [0, 0.1) is 10.5 Å². The van der Waals surface area contributed by atoms with Crippen LogP contribution >= 0.6 is 22.6 Å². The minimum atomic E-state index is -0.656. The van der Waals surface area contributed by atoms with Crippen LogP contribution in [-0.2, 0) is 4.84 Å². The van der Waals surface area contributed by atoms with Crippen molar-refractivity contribution in [2.24, 2.45) is 10.9 Å². The number of hydrogen-bond acceptors (Lipinski definition) is 5. The number of carbonyl (C=O) groups excluding carboxylic acids is 1. The standard InChI is InChI=1S/C12H12IN5O2/c1-6-7(3-2-4-9(6)14)11(15)18-20-12(19)10-8(13)5-16-17-10/h2-5H,14H2,1H3,(H2,15,18)(H,16,17). The molecule has 1 aromatic heterocycles. The highest BCUT2D eigenvalue weighted by Crippen LogP contribution is 2.15. The van der Waals surface area contributed by atoms with E-state index in [0.717, 1.165) is 5.56 Å². The van der Waals surface area contributed by atoms with Gasteiger partial charge in [-0.3, -0.25) is 5.10 Å². The van der Waals surface area contributed by atoms with E-state index in [9.17, 15) is 4.79 Å². The number of nitrogen functional groups attached to an aromatic ring is 1. The summed E-state index contributed by atoms with van der Waals surface area (Å²) in [6, 6.07) is 5.25. The third-order valence-electron chi connectivity index (χ3n) is 2.68. The van der Waals surface area contributed by atoms with Crippen molar-refractivity contribution in [1.82, 2.24) is 10.2 Å². The summed E-state index contributed by atoms with van der Waals surface area (Å²) in [6.07, 6.45) is 1.51. The molecule has 1 heterocycles. The van der Waals surface area contributed by atoms with Crippen LogP contribution in [0.3, 0.4) is 0 Å². The fourth-order valence-corrected chi connectivity index (χ4v) is 2.01. The van der Waals surface area contributed by atoms with E-state index in [2.05, 4.69) is 15.4 Å². The van der Waals surface area contributed by atoms with E-state index in [1.807, 2.05) is 29.5 Å². The fourth-order valence-electron chi connectivity index (χ4n) is 1.53. The third-order valence-corrected chi connectivity index (χ3v) is 3.49. The number of hydrogen-bond donors (Lipinski definition) is 3. The number of nitrogens with one attached hydrogen (secondary N) is 1. The summed E-state index contributed by atoms with van der Waals surface area (Å²) >= 11 is 1.96. The van der Waals surface area contributed by atoms with Gasteiger partial charge in [-0.1, -0.05) is 17.3 Å². The fraction of sp³-hybridized carbons (Fsp3) is 0.0833. The highest BCUT2D eigenvalue weighted by atomic mass is 127. The molecule has 0 aliphatic rings. The third kappa shape index (κ3) is 2.90. The number of nitrogens with zero attached hydrogens (tertiary/aromatic N) is 2. The van der Waals surface area contributed by atoms with Crippen molar-refractivity contribution in [3.63, 3.8) is 0 Å². The van der Waals surface area contributed by atoms with Gasteiger partial charge in [-0.2, -0.15) is 5.10 Å². The normalized spacial score (nSPS) is 11.4. The Hall–Kier alpha value is -2.10. The maximum Gasteiger partial charge on any atom is 0.384 e. The van der Waals surface area contributed by atoms with Crippen molar-refractivity contribution in [1.29, 1.82) is 0 Å². The zero-order valence-corrected chi connectivity index (χ0v) is 12.7. The van der Waals surface area contributed by atoms with E-state index in [4.69, 9.17) is 16.3 Å². The van der Waals surface area contributed by atoms with Gasteiger partial charge >= 0.3 is 5.97 Å². The Labute approximate surface area is 128 Å². The van der Waals surface area contributed by atoms with Gasteiger partial charge < -0.3 is 16.3 Å². The van der Waals surface area contributed by atoms with Crippen LogP contribution in [0.1, 0.15) is 21.6 Å². The lowest BCUT2D eigenvalue weighted by Gasteiger charge is -2.06. The molecule has 0 aliphatic carbocycles. The van der Waals surface area contributed by atoms with E-state index in [1.165, 1.54) is 6.20 Å². The number of aromatic nitrogens is 2. The van der Waals surface area contributed by atoms with Crippen LogP contribution in [0.4, 0.5) is 5.69 Å². The monoisotopic (exact) mass is 385 g/mol. The van der Waals surface area contributed by atoms with E-state index in [-0.39, 0.29) is 11.5 Å². The molecular weight excluding hydrogens is 373 g/mol. The lowest BCUT2D eigenvalue weighted by molar-refractivity contribution is 0.0508. The van der Waals surface area contributed by atoms with E-state index in [0.29, 0.717) is 14.8 Å². The minimum absolute atomic E-state index is 0.0812. The smallest absolute Gasteiger partial charge is 0.384 e. The molecule has 0 saturated heterocycles. The maximum absolute atomic E-state index is 11.7. The molecule has 0 bridgehead atoms. The Kier molecular flexibility index (Phi) is 4.23. The Morgan fingerprint density at radius 1 is 1.50 bits per heavy atom. The number of anilines is 1. The summed E-state index contributed by atoms with van der Waals surface area (Å²) in [5, 5.41) is 9.88. The number of oxime groups is 1. The van der Waals surface area contributed by atoms with Crippen molar-refractivity contribution >= 4 is 40.1 Å². The first-order chi connectivity index (χ1) is 9.50. The van der Waals surface area contributed by atoms with Gasteiger partial charge in [0.05, 0.1) is 9.77 Å². The predicted octanol–water partition coefficient (Wildman–Crippen LogP) is 1.38. The van der Waals surface area contributed by atoms with Gasteiger partial charge in [-0.15, -0.1) is 0 Å². The summed E-state index contributed by atoms with van der Waals surface area (Å²) in [4.78, 5) is 16.5. The molecule has 0 atom stereocenters. The van der Waals surface area contributed by atoms with Gasteiger partial charge in [0.25, 0.3) is 0 Å². The number of rotatable bonds is 3. The van der Waals surface area contributed by atoms with Crippen LogP contribution in [0.15, 0.2) is 29.6 Å². The van der Waals surface area contributed by atoms with E-state index in [1.54, 1.807) is 18.2 Å². The van der Waals surface area contributed by atoms with Crippen molar-refractivity contribution < 1.29 is 9.63 Å². The molecule has 1 aromatic carbocycles. The number of halogens is 1. The van der Waals surface area contributed by atoms with Crippen molar-refractivity contribution in [3.8, 4) is 0 Å². The van der Waals surface area contributed by atoms with Gasteiger partial charge in [0.1, 0.15) is 0 Å². The zero-order valence-electron chi connectivity index (χ0n) is 10.6. The molecule has 2 rings (SSSR count). The Morgan fingerprint density at radius 2 is 2.25 bits per heavy atom. The molecular formula is C12H12IN5O2. The SMILES string of the molecule is Cc1c(N)cccc1/C(N)=N/OC(=O)c1[nH]ncc1I. The van der Waals surface area contributed by atoms with Gasteiger partial charge in [0.15, 0.2) is 11.5 Å². The average Bonchev–Trinajstić information content (AvgIpc) is 2.85. The van der Waals surface area contributed by atoms with Gasteiger partial charge in [0.2, 0.25) is 0 Å². The lowest BCUT2D eigenvalue weighted by Crippen LogP contribution is -2.17. The molecule has 0 amide bonds. The summed E-state index contributed by atoms with van der Waals surface area (Å²) < 4.78 is 0.640. The first kappa shape index (κ1) is 14.3. The van der Waals surface area contributed by atoms with E-state index < -0.39 is 5.97 Å². The molecule has 8 heteroatoms. The van der Waals surface area contributed by atoms with E-state index >= 15 is 0 Å². The molecule has 104 valence electrons. The summed E-state index contributed by atoms with van der Waals surface area (Å²) in [5.41, 5.74) is 13.8. The highest BCUT2D eigenvalue weighted by molar-refractivity contribution is 14.1. The Balaban J connectivity index is 2.18. The van der Waals surface area contributed by atoms with Gasteiger partial charge in [-0.25, -0.2) is 4.79 Å². The zero-order chi connectivity index (χ0) is 14.7. The van der Waals surface area contributed by atoms with Crippen LogP contribution in [-0.4, -0.2) is 22.0 Å². The Morgan fingerprint density at radius 3 is 2.90 bits per heavy atom. The quantitative estimate of drug-likeness (QED) is 0.184. The maximum atomic E-state index is 11.7. The van der Waals surface area contributed by atoms with Gasteiger partial charge in [-0.05, 0) is 41.1 Å². The number of carbonyl (C=O) groups is 1. The lowest BCUT2D eigenvalue weighted by atomic mass is 10.1. The molecule has 0 spiro atoms. The first-order valence-corrected chi connectivity index (χ1v) is 6.67. The molecule has 0 radical (unpaired) electrons. The van der Waals surface area contributed by atoms with Crippen LogP contribution in [0.25, 0.3) is 0 Å². The average molecular weight is 385 g/mol. The second-order valence-corrected chi connectivity index (χ2v) is 5.13. The number of aromatic amines is 1. The Bertz CT molecular complexity index is 680. The predicted molar refractivity (Wildman–Crippen MR) is 83.0 cm³/mol. The number of H-pyrrole nitrogens is 1. The molecule has 5 N–H and O–H groups in total. The molecule has 20 heavy (non-hydrogen) atoms. The van der Waals surface area contributed by atoms with Crippen LogP contribution in [0.2, 0.25) is 0 Å². The number of amidine groups is 1. The van der Waals surface area contributed by atoms with Crippen molar-refractivity contribution in [2.75, 3.05) is 5.73 Å². The molecule has 0 saturated carbocycles. The van der Waals surface area contributed by atoms with Crippen LogP contribution < -0.4 is 11.5 Å². The molecule has 0 unspecified atom stereocenters. The van der Waals surface area contributed by atoms with Crippen LogP contribution in [0.5, 0.6) is 0 Å². The number of benzene rings is 1. The largest absolute Gasteiger partial charge is 0.398 e. The van der Waals surface area contributed by atoms with Crippen molar-refractivity contribution in [2.45, 2.75) is 6.92 Å². The highest BCUT2D eigenvalue weighted by Gasteiger charge is 2.14. The molecule has 2 aromatic rings. The second kappa shape index (κ2) is 5.90. The summed E-state index contributed by atoms with van der Waals surface area (Å²) in [6.45, 7) is 1.81. The first-order valence-electron chi connectivity index (χ1n) is 5.60. The number of nitrogens with two attached hydrogens (primary N) is 2. The molecule has 7 nitrogen and oxygen atoms in total. The summed E-state index contributed by atoms with van der Waals surface area (Å²) in [7, 11) is 0. The summed E-state index contributed by atoms with van der Waals surface area (Å²) in [5.74, 6) is -0.575. The molecule has 0 fully saturated rings. The van der Waals surface area contributed by atoms with Crippen molar-refractivity contribution in [3.05, 3.63) is 44.8 Å². The molecule has 0 aliphatic heterocycles.